The molecular weight excluding hydrogens is 406 g/mol. The topological polar surface area (TPSA) is 82.7 Å². The lowest BCUT2D eigenvalue weighted by molar-refractivity contribution is -0.143. The van der Waals surface area contributed by atoms with Crippen molar-refractivity contribution >= 4 is 22.6 Å². The van der Waals surface area contributed by atoms with Crippen molar-refractivity contribution in [3.05, 3.63) is 64.6 Å². The number of piperazine rings is 1. The molecule has 0 aliphatic carbocycles. The van der Waals surface area contributed by atoms with Gasteiger partial charge in [0.25, 0.3) is 11.5 Å². The Bertz CT molecular complexity index is 1230. The van der Waals surface area contributed by atoms with Gasteiger partial charge in [0.05, 0.1) is 5.39 Å². The van der Waals surface area contributed by atoms with E-state index in [1.54, 1.807) is 35.1 Å². The number of aromatic nitrogens is 1. The Morgan fingerprint density at radius 3 is 2.34 bits per heavy atom. The Morgan fingerprint density at radius 1 is 0.969 bits per heavy atom. The predicted molar refractivity (Wildman–Crippen MR) is 124 cm³/mol. The molecule has 3 aromatic rings. The first kappa shape index (κ1) is 21.6. The van der Waals surface area contributed by atoms with Gasteiger partial charge < -0.3 is 19.5 Å². The van der Waals surface area contributed by atoms with Crippen molar-refractivity contribution in [3.8, 4) is 16.9 Å². The van der Waals surface area contributed by atoms with E-state index >= 15 is 0 Å². The van der Waals surface area contributed by atoms with Crippen molar-refractivity contribution in [1.82, 2.24) is 14.8 Å². The van der Waals surface area contributed by atoms with E-state index in [-0.39, 0.29) is 17.4 Å². The number of hydrogen-bond acceptors (Lipinski definition) is 4. The van der Waals surface area contributed by atoms with Gasteiger partial charge in [0.2, 0.25) is 5.91 Å². The molecule has 7 nitrogen and oxygen atoms in total. The quantitative estimate of drug-likeness (QED) is 0.686. The number of nitrogens with one attached hydrogen (secondary N) is 1. The fraction of sp³-hybridized carbons (Fsp3) is 0.320. The lowest BCUT2D eigenvalue weighted by Crippen LogP contribution is -2.52. The van der Waals surface area contributed by atoms with Gasteiger partial charge in [0, 0.05) is 44.9 Å². The van der Waals surface area contributed by atoms with Crippen LogP contribution < -0.4 is 10.3 Å². The third-order valence-electron chi connectivity index (χ3n) is 6.01. The Balaban J connectivity index is 1.55. The number of rotatable bonds is 4. The molecule has 1 aliphatic rings. The van der Waals surface area contributed by atoms with E-state index in [9.17, 15) is 14.4 Å². The molecule has 0 bridgehead atoms. The fourth-order valence-corrected chi connectivity index (χ4v) is 4.16. The summed E-state index contributed by atoms with van der Waals surface area (Å²) in [7, 11) is 0. The van der Waals surface area contributed by atoms with E-state index in [1.807, 2.05) is 37.3 Å². The van der Waals surface area contributed by atoms with Crippen LogP contribution in [0.2, 0.25) is 0 Å². The minimum atomic E-state index is -0.699. The van der Waals surface area contributed by atoms with Crippen molar-refractivity contribution in [3.63, 3.8) is 0 Å². The van der Waals surface area contributed by atoms with Gasteiger partial charge in [-0.05, 0) is 48.6 Å². The molecule has 1 atom stereocenters. The Hall–Kier alpha value is -3.61. The molecule has 1 saturated heterocycles. The summed E-state index contributed by atoms with van der Waals surface area (Å²) in [6.45, 7) is 7.31. The number of fused-ring (bicyclic) bond motifs is 1. The van der Waals surface area contributed by atoms with Gasteiger partial charge in [-0.15, -0.1) is 0 Å². The van der Waals surface area contributed by atoms with Crippen LogP contribution in [-0.4, -0.2) is 58.9 Å². The predicted octanol–water partition coefficient (Wildman–Crippen LogP) is 2.96. The number of nitrogens with zero attached hydrogens (tertiary/aromatic N) is 2. The van der Waals surface area contributed by atoms with Crippen molar-refractivity contribution in [1.29, 1.82) is 0 Å². The number of amides is 2. The number of pyridine rings is 1. The molecule has 1 fully saturated rings. The van der Waals surface area contributed by atoms with Crippen LogP contribution in [0.5, 0.6) is 5.75 Å². The zero-order valence-corrected chi connectivity index (χ0v) is 18.6. The highest BCUT2D eigenvalue weighted by molar-refractivity contribution is 5.97. The highest BCUT2D eigenvalue weighted by atomic mass is 16.5. The molecule has 7 heteroatoms. The van der Waals surface area contributed by atoms with Gasteiger partial charge in [-0.2, -0.15) is 0 Å². The number of carbonyl (C=O) groups excluding carboxylic acids is 2. The van der Waals surface area contributed by atoms with Crippen molar-refractivity contribution in [2.24, 2.45) is 0 Å². The molecule has 1 aromatic heterocycles. The van der Waals surface area contributed by atoms with E-state index in [2.05, 4.69) is 4.98 Å². The van der Waals surface area contributed by atoms with Crippen LogP contribution >= 0.6 is 0 Å². The molecule has 2 amide bonds. The first-order valence-corrected chi connectivity index (χ1v) is 10.8. The van der Waals surface area contributed by atoms with E-state index in [1.165, 1.54) is 6.92 Å². The monoisotopic (exact) mass is 433 g/mol. The molecule has 0 saturated carbocycles. The summed E-state index contributed by atoms with van der Waals surface area (Å²) >= 11 is 0. The second-order valence-electron chi connectivity index (χ2n) is 8.15. The van der Waals surface area contributed by atoms with Crippen LogP contribution in [0, 0.1) is 6.92 Å². The summed E-state index contributed by atoms with van der Waals surface area (Å²) < 4.78 is 5.91. The second-order valence-corrected chi connectivity index (χ2v) is 8.15. The Labute approximate surface area is 186 Å². The average Bonchev–Trinajstić information content (AvgIpc) is 2.80. The third-order valence-corrected chi connectivity index (χ3v) is 6.01. The van der Waals surface area contributed by atoms with E-state index in [4.69, 9.17) is 4.74 Å². The minimum absolute atomic E-state index is 0.0212. The summed E-state index contributed by atoms with van der Waals surface area (Å²) in [4.78, 5) is 43.1. The SMILES string of the molecule is CC(=O)N1CCN(C(=O)[C@@H](C)Oc2ccc3c(-c4ccccc4C)c[nH]c(=O)c3c2)CC1. The van der Waals surface area contributed by atoms with Gasteiger partial charge in [-0.3, -0.25) is 14.4 Å². The number of hydrogen-bond donors (Lipinski definition) is 1. The first-order valence-electron chi connectivity index (χ1n) is 10.8. The van der Waals surface area contributed by atoms with Crippen LogP contribution in [0.25, 0.3) is 21.9 Å². The lowest BCUT2D eigenvalue weighted by atomic mass is 9.97. The molecule has 2 aromatic carbocycles. The zero-order valence-electron chi connectivity index (χ0n) is 18.6. The number of benzene rings is 2. The summed E-state index contributed by atoms with van der Waals surface area (Å²) in [6, 6.07) is 13.4. The second kappa shape index (κ2) is 8.86. The van der Waals surface area contributed by atoms with Crippen LogP contribution in [0.3, 0.4) is 0 Å². The zero-order chi connectivity index (χ0) is 22.8. The maximum absolute atomic E-state index is 12.8. The van der Waals surface area contributed by atoms with Crippen molar-refractivity contribution < 1.29 is 14.3 Å². The average molecular weight is 434 g/mol. The number of carbonyl (C=O) groups is 2. The fourth-order valence-electron chi connectivity index (χ4n) is 4.16. The van der Waals surface area contributed by atoms with Crippen molar-refractivity contribution in [2.75, 3.05) is 26.2 Å². The maximum Gasteiger partial charge on any atom is 0.263 e. The summed E-state index contributed by atoms with van der Waals surface area (Å²) in [5.41, 5.74) is 2.90. The number of H-pyrrole nitrogens is 1. The normalized spacial score (nSPS) is 15.0. The molecule has 1 aliphatic heterocycles. The number of aromatic amines is 1. The standard InChI is InChI=1S/C25H27N3O4/c1-16-6-4-5-7-20(16)23-15-26-24(30)22-14-19(8-9-21(22)23)32-17(2)25(31)28-12-10-27(11-13-28)18(3)29/h4-9,14-15,17H,10-13H2,1-3H3,(H,26,30)/t17-/m1/s1. The molecule has 0 unspecified atom stereocenters. The molecule has 2 heterocycles. The van der Waals surface area contributed by atoms with Gasteiger partial charge in [0.1, 0.15) is 5.75 Å². The highest BCUT2D eigenvalue weighted by Gasteiger charge is 2.27. The molecule has 0 radical (unpaired) electrons. The summed E-state index contributed by atoms with van der Waals surface area (Å²) in [5, 5.41) is 1.34. The van der Waals surface area contributed by atoms with Gasteiger partial charge in [0.15, 0.2) is 6.10 Å². The van der Waals surface area contributed by atoms with Crippen LogP contribution in [0.4, 0.5) is 0 Å². The van der Waals surface area contributed by atoms with Gasteiger partial charge in [-0.1, -0.05) is 24.3 Å². The summed E-state index contributed by atoms with van der Waals surface area (Å²) in [6.07, 6.45) is 1.04. The Morgan fingerprint density at radius 2 is 1.66 bits per heavy atom. The number of ether oxygens (including phenoxy) is 1. The highest BCUT2D eigenvalue weighted by Crippen LogP contribution is 2.30. The molecule has 32 heavy (non-hydrogen) atoms. The minimum Gasteiger partial charge on any atom is -0.481 e. The smallest absolute Gasteiger partial charge is 0.263 e. The van der Waals surface area contributed by atoms with E-state index < -0.39 is 6.10 Å². The van der Waals surface area contributed by atoms with Crippen LogP contribution in [0.1, 0.15) is 19.4 Å². The van der Waals surface area contributed by atoms with Crippen LogP contribution in [-0.2, 0) is 9.59 Å². The maximum atomic E-state index is 12.8. The van der Waals surface area contributed by atoms with E-state index in [0.29, 0.717) is 37.3 Å². The summed E-state index contributed by atoms with van der Waals surface area (Å²) in [5.74, 6) is 0.358. The first-order chi connectivity index (χ1) is 15.3. The van der Waals surface area contributed by atoms with Gasteiger partial charge >= 0.3 is 0 Å². The molecule has 1 N–H and O–H groups in total. The molecule has 4 rings (SSSR count). The van der Waals surface area contributed by atoms with Crippen molar-refractivity contribution in [2.45, 2.75) is 26.9 Å². The number of aryl methyl sites for hydroxylation is 1. The largest absolute Gasteiger partial charge is 0.481 e. The van der Waals surface area contributed by atoms with E-state index in [0.717, 1.165) is 22.1 Å². The third kappa shape index (κ3) is 4.23. The Kier molecular flexibility index (Phi) is 5.99. The molecule has 0 spiro atoms. The van der Waals surface area contributed by atoms with Crippen LogP contribution in [0.15, 0.2) is 53.5 Å². The van der Waals surface area contributed by atoms with Gasteiger partial charge in [-0.25, -0.2) is 0 Å². The molecular formula is C25H27N3O4. The lowest BCUT2D eigenvalue weighted by Gasteiger charge is -2.35. The molecule has 166 valence electrons.